The highest BCUT2D eigenvalue weighted by molar-refractivity contribution is 5.11. The van der Waals surface area contributed by atoms with Crippen molar-refractivity contribution in [2.45, 2.75) is 45.7 Å². The number of hydrogen-bond donors (Lipinski definition) is 1. The zero-order valence-corrected chi connectivity index (χ0v) is 12.6. The molecule has 0 aromatic carbocycles. The van der Waals surface area contributed by atoms with Gasteiger partial charge in [0.25, 0.3) is 0 Å². The number of piperidine rings is 1. The summed E-state index contributed by atoms with van der Waals surface area (Å²) < 4.78 is 0. The van der Waals surface area contributed by atoms with Crippen LogP contribution in [0.1, 0.15) is 44.2 Å². The first-order valence-electron chi connectivity index (χ1n) is 7.33. The summed E-state index contributed by atoms with van der Waals surface area (Å²) >= 11 is 0. The van der Waals surface area contributed by atoms with Crippen LogP contribution < -0.4 is 5.32 Å². The Morgan fingerprint density at radius 3 is 2.89 bits per heavy atom. The summed E-state index contributed by atoms with van der Waals surface area (Å²) in [6.07, 6.45) is 4.45. The molecule has 0 saturated carbocycles. The fourth-order valence-corrected chi connectivity index (χ4v) is 3.21. The summed E-state index contributed by atoms with van der Waals surface area (Å²) in [5, 5.41) is 3.34. The molecule has 2 rings (SSSR count). The standard InChI is InChI=1S/C15H26N4/c1-11(2)19-9-5-6-13(10-16-4)15(19)14-7-8-17-12(3)18-14/h7-8,11,13,15-16H,5-6,9-10H2,1-4H3. The van der Waals surface area contributed by atoms with Crippen LogP contribution in [0.2, 0.25) is 0 Å². The van der Waals surface area contributed by atoms with Crippen molar-refractivity contribution in [3.63, 3.8) is 0 Å². The Hall–Kier alpha value is -1.00. The SMILES string of the molecule is CNCC1CCCN(C(C)C)C1c1ccnc(C)n1. The molecule has 0 bridgehead atoms. The predicted molar refractivity (Wildman–Crippen MR) is 78.0 cm³/mol. The van der Waals surface area contributed by atoms with Crippen molar-refractivity contribution >= 4 is 0 Å². The molecule has 2 atom stereocenters. The van der Waals surface area contributed by atoms with E-state index in [2.05, 4.69) is 40.1 Å². The lowest BCUT2D eigenvalue weighted by Gasteiger charge is -2.43. The van der Waals surface area contributed by atoms with E-state index in [9.17, 15) is 0 Å². The van der Waals surface area contributed by atoms with Crippen LogP contribution in [0, 0.1) is 12.8 Å². The average molecular weight is 262 g/mol. The highest BCUT2D eigenvalue weighted by atomic mass is 15.2. The van der Waals surface area contributed by atoms with E-state index in [4.69, 9.17) is 0 Å². The molecule has 0 aliphatic carbocycles. The lowest BCUT2D eigenvalue weighted by molar-refractivity contribution is 0.0607. The van der Waals surface area contributed by atoms with E-state index in [0.29, 0.717) is 18.0 Å². The van der Waals surface area contributed by atoms with E-state index in [-0.39, 0.29) is 0 Å². The molecule has 1 saturated heterocycles. The van der Waals surface area contributed by atoms with Crippen molar-refractivity contribution < 1.29 is 0 Å². The van der Waals surface area contributed by atoms with Crippen LogP contribution in [0.25, 0.3) is 0 Å². The molecule has 1 aromatic rings. The highest BCUT2D eigenvalue weighted by Gasteiger charge is 2.34. The topological polar surface area (TPSA) is 41.0 Å². The third-order valence-electron chi connectivity index (χ3n) is 4.03. The van der Waals surface area contributed by atoms with Crippen LogP contribution in [0.5, 0.6) is 0 Å². The smallest absolute Gasteiger partial charge is 0.125 e. The summed E-state index contributed by atoms with van der Waals surface area (Å²) in [5.41, 5.74) is 1.18. The number of nitrogens with zero attached hydrogens (tertiary/aromatic N) is 3. The maximum atomic E-state index is 4.68. The van der Waals surface area contributed by atoms with E-state index in [1.54, 1.807) is 0 Å². The molecular formula is C15H26N4. The maximum absolute atomic E-state index is 4.68. The van der Waals surface area contributed by atoms with E-state index in [0.717, 1.165) is 12.4 Å². The minimum Gasteiger partial charge on any atom is -0.319 e. The predicted octanol–water partition coefficient (Wildman–Crippen LogP) is 2.17. The Kier molecular flexibility index (Phi) is 4.88. The van der Waals surface area contributed by atoms with Crippen LogP contribution >= 0.6 is 0 Å². The Morgan fingerprint density at radius 2 is 2.26 bits per heavy atom. The largest absolute Gasteiger partial charge is 0.319 e. The highest BCUT2D eigenvalue weighted by Crippen LogP contribution is 2.36. The van der Waals surface area contributed by atoms with Gasteiger partial charge in [-0.15, -0.1) is 0 Å². The molecule has 1 aliphatic rings. The number of likely N-dealkylation sites (tertiary alicyclic amines) is 1. The monoisotopic (exact) mass is 262 g/mol. The molecule has 106 valence electrons. The zero-order chi connectivity index (χ0) is 13.8. The number of rotatable bonds is 4. The second kappa shape index (κ2) is 6.44. The number of nitrogens with one attached hydrogen (secondary N) is 1. The van der Waals surface area contributed by atoms with Gasteiger partial charge >= 0.3 is 0 Å². The molecule has 1 aromatic heterocycles. The maximum Gasteiger partial charge on any atom is 0.125 e. The Morgan fingerprint density at radius 1 is 1.47 bits per heavy atom. The summed E-state index contributed by atoms with van der Waals surface area (Å²) in [4.78, 5) is 11.5. The van der Waals surface area contributed by atoms with Gasteiger partial charge in [-0.05, 0) is 65.7 Å². The van der Waals surface area contributed by atoms with Gasteiger partial charge in [0.1, 0.15) is 5.82 Å². The molecule has 2 heterocycles. The van der Waals surface area contributed by atoms with Crippen molar-refractivity contribution in [3.05, 3.63) is 23.8 Å². The van der Waals surface area contributed by atoms with Crippen LogP contribution in [-0.2, 0) is 0 Å². The van der Waals surface area contributed by atoms with E-state index >= 15 is 0 Å². The summed E-state index contributed by atoms with van der Waals surface area (Å²) in [6, 6.07) is 3.06. The average Bonchev–Trinajstić information content (AvgIpc) is 2.38. The molecule has 2 unspecified atom stereocenters. The van der Waals surface area contributed by atoms with Gasteiger partial charge in [0.15, 0.2) is 0 Å². The molecule has 1 N–H and O–H groups in total. The second-order valence-corrected chi connectivity index (χ2v) is 5.77. The first-order chi connectivity index (χ1) is 9.13. The van der Waals surface area contributed by atoms with E-state index in [1.165, 1.54) is 25.1 Å². The van der Waals surface area contributed by atoms with E-state index in [1.807, 2.05) is 20.2 Å². The molecular weight excluding hydrogens is 236 g/mol. The quantitative estimate of drug-likeness (QED) is 0.903. The molecule has 19 heavy (non-hydrogen) atoms. The van der Waals surface area contributed by atoms with Gasteiger partial charge in [0.05, 0.1) is 11.7 Å². The lowest BCUT2D eigenvalue weighted by Crippen LogP contribution is -2.45. The minimum absolute atomic E-state index is 0.419. The minimum atomic E-state index is 0.419. The van der Waals surface area contributed by atoms with Crippen molar-refractivity contribution in [1.29, 1.82) is 0 Å². The first kappa shape index (κ1) is 14.4. The Bertz CT molecular complexity index is 403. The van der Waals surface area contributed by atoms with Gasteiger partial charge < -0.3 is 5.32 Å². The molecule has 0 amide bonds. The van der Waals surface area contributed by atoms with Gasteiger partial charge in [0, 0.05) is 12.2 Å². The zero-order valence-electron chi connectivity index (χ0n) is 12.6. The molecule has 4 nitrogen and oxygen atoms in total. The Balaban J connectivity index is 2.31. The van der Waals surface area contributed by atoms with Gasteiger partial charge in [-0.2, -0.15) is 0 Å². The van der Waals surface area contributed by atoms with Crippen LogP contribution in [0.3, 0.4) is 0 Å². The van der Waals surface area contributed by atoms with Crippen LogP contribution in [0.4, 0.5) is 0 Å². The van der Waals surface area contributed by atoms with Gasteiger partial charge in [-0.1, -0.05) is 0 Å². The van der Waals surface area contributed by atoms with Crippen molar-refractivity contribution in [3.8, 4) is 0 Å². The summed E-state index contributed by atoms with van der Waals surface area (Å²) in [5.74, 6) is 1.51. The molecule has 0 spiro atoms. The van der Waals surface area contributed by atoms with Crippen molar-refractivity contribution in [1.82, 2.24) is 20.2 Å². The summed E-state index contributed by atoms with van der Waals surface area (Å²) in [6.45, 7) is 8.76. The normalized spacial score (nSPS) is 24.9. The third kappa shape index (κ3) is 3.31. The third-order valence-corrected chi connectivity index (χ3v) is 4.03. The first-order valence-corrected chi connectivity index (χ1v) is 7.33. The van der Waals surface area contributed by atoms with Crippen molar-refractivity contribution in [2.75, 3.05) is 20.1 Å². The fourth-order valence-electron chi connectivity index (χ4n) is 3.21. The number of hydrogen-bond acceptors (Lipinski definition) is 4. The molecule has 1 fully saturated rings. The fraction of sp³-hybridized carbons (Fsp3) is 0.733. The number of aromatic nitrogens is 2. The van der Waals surface area contributed by atoms with Gasteiger partial charge in [0.2, 0.25) is 0 Å². The molecule has 1 aliphatic heterocycles. The van der Waals surface area contributed by atoms with Crippen molar-refractivity contribution in [2.24, 2.45) is 5.92 Å². The number of aryl methyl sites for hydroxylation is 1. The molecule has 4 heteroatoms. The Labute approximate surface area is 116 Å². The second-order valence-electron chi connectivity index (χ2n) is 5.77. The van der Waals surface area contributed by atoms with E-state index < -0.39 is 0 Å². The lowest BCUT2D eigenvalue weighted by atomic mass is 9.86. The van der Waals surface area contributed by atoms with Crippen LogP contribution in [-0.4, -0.2) is 41.0 Å². The van der Waals surface area contributed by atoms with Gasteiger partial charge in [-0.25, -0.2) is 9.97 Å². The van der Waals surface area contributed by atoms with Gasteiger partial charge in [-0.3, -0.25) is 4.90 Å². The summed E-state index contributed by atoms with van der Waals surface area (Å²) in [7, 11) is 2.04. The molecule has 0 radical (unpaired) electrons. The van der Waals surface area contributed by atoms with Crippen LogP contribution in [0.15, 0.2) is 12.3 Å².